The van der Waals surface area contributed by atoms with Gasteiger partial charge in [-0.05, 0) is 25.5 Å². The maximum atomic E-state index is 12.5. The topological polar surface area (TPSA) is 88.4 Å². The van der Waals surface area contributed by atoms with Gasteiger partial charge in [-0.25, -0.2) is 12.7 Å². The van der Waals surface area contributed by atoms with Crippen molar-refractivity contribution in [3.05, 3.63) is 24.3 Å². The Labute approximate surface area is 141 Å². The number of rotatable bonds is 4. The molecule has 9 heteroatoms. The SMILES string of the molecule is CCS(=O)(=O)N1CCCN(C(=O)Cn2nc3ccccc3n2)CC1. The van der Waals surface area contributed by atoms with Crippen LogP contribution in [0.25, 0.3) is 11.0 Å². The summed E-state index contributed by atoms with van der Waals surface area (Å²) in [6.45, 7) is 3.46. The molecule has 0 unspecified atom stereocenters. The summed E-state index contributed by atoms with van der Waals surface area (Å²) in [6, 6.07) is 7.45. The second kappa shape index (κ2) is 6.86. The van der Waals surface area contributed by atoms with E-state index >= 15 is 0 Å². The number of aromatic nitrogens is 3. The lowest BCUT2D eigenvalue weighted by atomic mass is 10.3. The Hall–Kier alpha value is -2.00. The summed E-state index contributed by atoms with van der Waals surface area (Å²) in [5.74, 6) is -0.00358. The molecule has 24 heavy (non-hydrogen) atoms. The third-order valence-corrected chi connectivity index (χ3v) is 6.05. The predicted molar refractivity (Wildman–Crippen MR) is 89.8 cm³/mol. The van der Waals surface area contributed by atoms with Crippen molar-refractivity contribution in [1.82, 2.24) is 24.2 Å². The van der Waals surface area contributed by atoms with Crippen LogP contribution in [0.1, 0.15) is 13.3 Å². The summed E-state index contributed by atoms with van der Waals surface area (Å²) in [6.07, 6.45) is 0.638. The molecule has 0 aliphatic carbocycles. The first kappa shape index (κ1) is 16.8. The van der Waals surface area contributed by atoms with Crippen LogP contribution in [0.5, 0.6) is 0 Å². The normalized spacial score (nSPS) is 17.1. The van der Waals surface area contributed by atoms with Gasteiger partial charge in [0.15, 0.2) is 0 Å². The first-order valence-electron chi connectivity index (χ1n) is 8.05. The summed E-state index contributed by atoms with van der Waals surface area (Å²) in [5, 5.41) is 8.58. The molecule has 1 amide bonds. The largest absolute Gasteiger partial charge is 0.340 e. The van der Waals surface area contributed by atoms with Crippen LogP contribution in [-0.4, -0.2) is 70.5 Å². The summed E-state index contributed by atoms with van der Waals surface area (Å²) >= 11 is 0. The van der Waals surface area contributed by atoms with Gasteiger partial charge in [0.25, 0.3) is 0 Å². The molecule has 1 aromatic carbocycles. The van der Waals surface area contributed by atoms with E-state index < -0.39 is 10.0 Å². The molecule has 2 heterocycles. The van der Waals surface area contributed by atoms with E-state index in [4.69, 9.17) is 0 Å². The second-order valence-electron chi connectivity index (χ2n) is 5.75. The average Bonchev–Trinajstić information content (AvgIpc) is 2.80. The van der Waals surface area contributed by atoms with Crippen molar-refractivity contribution in [2.75, 3.05) is 31.9 Å². The zero-order valence-electron chi connectivity index (χ0n) is 13.6. The molecule has 1 aliphatic heterocycles. The standard InChI is InChI=1S/C15H21N5O3S/c1-2-24(22,23)19-9-5-8-18(10-11-19)15(21)12-20-16-13-6-3-4-7-14(13)17-20/h3-4,6-7H,2,5,8-12H2,1H3. The molecule has 0 bridgehead atoms. The molecule has 130 valence electrons. The predicted octanol–water partition coefficient (Wildman–Crippen LogP) is 0.315. The van der Waals surface area contributed by atoms with Gasteiger partial charge < -0.3 is 4.90 Å². The Morgan fingerprint density at radius 3 is 2.38 bits per heavy atom. The van der Waals surface area contributed by atoms with Crippen molar-refractivity contribution >= 4 is 27.0 Å². The Kier molecular flexibility index (Phi) is 4.81. The number of carbonyl (C=O) groups excluding carboxylic acids is 1. The summed E-state index contributed by atoms with van der Waals surface area (Å²) < 4.78 is 25.4. The molecular formula is C15H21N5O3S. The number of carbonyl (C=O) groups is 1. The van der Waals surface area contributed by atoms with Crippen molar-refractivity contribution < 1.29 is 13.2 Å². The fourth-order valence-electron chi connectivity index (χ4n) is 2.80. The first-order chi connectivity index (χ1) is 11.5. The van der Waals surface area contributed by atoms with Crippen LogP contribution in [0, 0.1) is 0 Å². The molecule has 1 saturated heterocycles. The molecule has 3 rings (SSSR count). The number of benzene rings is 1. The van der Waals surface area contributed by atoms with E-state index in [9.17, 15) is 13.2 Å². The minimum absolute atomic E-state index is 0.0647. The van der Waals surface area contributed by atoms with Crippen LogP contribution >= 0.6 is 0 Å². The number of amides is 1. The van der Waals surface area contributed by atoms with Crippen LogP contribution < -0.4 is 0 Å². The smallest absolute Gasteiger partial charge is 0.246 e. The minimum atomic E-state index is -3.20. The molecule has 0 spiro atoms. The van der Waals surface area contributed by atoms with Crippen LogP contribution in [0.2, 0.25) is 0 Å². The lowest BCUT2D eigenvalue weighted by Crippen LogP contribution is -2.39. The van der Waals surface area contributed by atoms with Gasteiger partial charge in [-0.1, -0.05) is 12.1 Å². The van der Waals surface area contributed by atoms with E-state index in [2.05, 4.69) is 10.2 Å². The third kappa shape index (κ3) is 3.57. The summed E-state index contributed by atoms with van der Waals surface area (Å²) in [5.41, 5.74) is 1.50. The van der Waals surface area contributed by atoms with Gasteiger partial charge in [-0.2, -0.15) is 15.0 Å². The molecule has 0 radical (unpaired) electrons. The van der Waals surface area contributed by atoms with E-state index in [1.165, 1.54) is 9.10 Å². The third-order valence-electron chi connectivity index (χ3n) is 4.17. The number of nitrogens with zero attached hydrogens (tertiary/aromatic N) is 5. The maximum Gasteiger partial charge on any atom is 0.246 e. The van der Waals surface area contributed by atoms with Crippen LogP contribution in [0.4, 0.5) is 0 Å². The van der Waals surface area contributed by atoms with Gasteiger partial charge in [-0.15, -0.1) is 0 Å². The van der Waals surface area contributed by atoms with E-state index in [1.807, 2.05) is 24.3 Å². The summed E-state index contributed by atoms with van der Waals surface area (Å²) in [7, 11) is -3.20. The van der Waals surface area contributed by atoms with Crippen molar-refractivity contribution in [3.63, 3.8) is 0 Å². The number of sulfonamides is 1. The van der Waals surface area contributed by atoms with Gasteiger partial charge in [0.2, 0.25) is 15.9 Å². The fourth-order valence-corrected chi connectivity index (χ4v) is 3.93. The molecule has 0 atom stereocenters. The number of fused-ring (bicyclic) bond motifs is 1. The molecular weight excluding hydrogens is 330 g/mol. The maximum absolute atomic E-state index is 12.5. The molecule has 1 aliphatic rings. The molecule has 0 saturated carbocycles. The van der Waals surface area contributed by atoms with E-state index in [0.29, 0.717) is 32.6 Å². The van der Waals surface area contributed by atoms with Crippen molar-refractivity contribution in [2.45, 2.75) is 19.9 Å². The average molecular weight is 351 g/mol. The van der Waals surface area contributed by atoms with Crippen LogP contribution in [0.3, 0.4) is 0 Å². The molecule has 1 aromatic heterocycles. The van der Waals surface area contributed by atoms with Crippen molar-refractivity contribution in [2.24, 2.45) is 0 Å². The monoisotopic (exact) mass is 351 g/mol. The van der Waals surface area contributed by atoms with E-state index in [-0.39, 0.29) is 18.2 Å². The Morgan fingerprint density at radius 2 is 1.75 bits per heavy atom. The second-order valence-corrected chi connectivity index (χ2v) is 8.01. The van der Waals surface area contributed by atoms with Crippen molar-refractivity contribution in [1.29, 1.82) is 0 Å². The zero-order valence-corrected chi connectivity index (χ0v) is 14.4. The first-order valence-corrected chi connectivity index (χ1v) is 9.66. The highest BCUT2D eigenvalue weighted by Crippen LogP contribution is 2.10. The van der Waals surface area contributed by atoms with Gasteiger partial charge in [-0.3, -0.25) is 4.79 Å². The molecule has 0 N–H and O–H groups in total. The van der Waals surface area contributed by atoms with Crippen molar-refractivity contribution in [3.8, 4) is 0 Å². The fraction of sp³-hybridized carbons (Fsp3) is 0.533. The highest BCUT2D eigenvalue weighted by Gasteiger charge is 2.25. The van der Waals surface area contributed by atoms with Gasteiger partial charge >= 0.3 is 0 Å². The van der Waals surface area contributed by atoms with Gasteiger partial charge in [0, 0.05) is 26.2 Å². The summed E-state index contributed by atoms with van der Waals surface area (Å²) in [4.78, 5) is 15.6. The van der Waals surface area contributed by atoms with Crippen LogP contribution in [-0.2, 0) is 21.4 Å². The lowest BCUT2D eigenvalue weighted by Gasteiger charge is -2.21. The highest BCUT2D eigenvalue weighted by molar-refractivity contribution is 7.89. The molecule has 2 aromatic rings. The highest BCUT2D eigenvalue weighted by atomic mass is 32.2. The Morgan fingerprint density at radius 1 is 1.08 bits per heavy atom. The molecule has 1 fully saturated rings. The van der Waals surface area contributed by atoms with E-state index in [1.54, 1.807) is 11.8 Å². The van der Waals surface area contributed by atoms with Gasteiger partial charge in [0.05, 0.1) is 5.75 Å². The number of hydrogen-bond acceptors (Lipinski definition) is 5. The number of hydrogen-bond donors (Lipinski definition) is 0. The zero-order chi connectivity index (χ0) is 17.2. The van der Waals surface area contributed by atoms with Gasteiger partial charge in [0.1, 0.15) is 17.6 Å². The Bertz CT molecular complexity index is 800. The van der Waals surface area contributed by atoms with E-state index in [0.717, 1.165) is 11.0 Å². The molecule has 8 nitrogen and oxygen atoms in total. The quantitative estimate of drug-likeness (QED) is 0.791. The van der Waals surface area contributed by atoms with Crippen LogP contribution in [0.15, 0.2) is 24.3 Å². The Balaban J connectivity index is 1.65. The lowest BCUT2D eigenvalue weighted by molar-refractivity contribution is -0.132. The minimum Gasteiger partial charge on any atom is -0.340 e.